The van der Waals surface area contributed by atoms with Crippen molar-refractivity contribution in [3.63, 3.8) is 0 Å². The zero-order chi connectivity index (χ0) is 36.5. The van der Waals surface area contributed by atoms with Gasteiger partial charge in [0.15, 0.2) is 5.60 Å². The largest absolute Gasteiger partial charge is 0.497 e. The molecule has 1 spiro atoms. The molecule has 2 aliphatic heterocycles. The van der Waals surface area contributed by atoms with Gasteiger partial charge < -0.3 is 34.7 Å². The monoisotopic (exact) mass is 693 g/mol. The van der Waals surface area contributed by atoms with E-state index in [1.165, 1.54) is 4.90 Å². The van der Waals surface area contributed by atoms with Crippen molar-refractivity contribution in [2.45, 2.75) is 71.4 Å². The van der Waals surface area contributed by atoms with E-state index in [4.69, 9.17) is 18.9 Å². The zero-order valence-electron chi connectivity index (χ0n) is 29.6. The molecule has 0 saturated carbocycles. The average molecular weight is 694 g/mol. The molecule has 0 aliphatic carbocycles. The first kappa shape index (κ1) is 35.3. The van der Waals surface area contributed by atoms with Crippen molar-refractivity contribution in [1.29, 1.82) is 0 Å². The maximum atomic E-state index is 13.2. The SMILES string of the molecule is COc1ccc2c(c1)Oc1cc(N(Cc3ccc(NC(=O)[C@H](CC(C)C)NC(=O)OC(C)(C)C)cc3)C(=O)O)ccc1C21OCc2ccccc21. The zero-order valence-corrected chi connectivity index (χ0v) is 29.6. The molecule has 2 atom stereocenters. The van der Waals surface area contributed by atoms with E-state index < -0.39 is 29.4 Å². The first-order chi connectivity index (χ1) is 24.3. The van der Waals surface area contributed by atoms with Gasteiger partial charge in [0.2, 0.25) is 5.91 Å². The second-order valence-corrected chi connectivity index (χ2v) is 14.2. The average Bonchev–Trinajstić information content (AvgIpc) is 3.45. The van der Waals surface area contributed by atoms with Crippen LogP contribution < -0.4 is 25.0 Å². The Morgan fingerprint density at radius 2 is 1.61 bits per heavy atom. The highest BCUT2D eigenvalue weighted by atomic mass is 16.6. The lowest BCUT2D eigenvalue weighted by atomic mass is 9.77. The van der Waals surface area contributed by atoms with Crippen LogP contribution in [-0.2, 0) is 33.0 Å². The van der Waals surface area contributed by atoms with Crippen LogP contribution >= 0.6 is 0 Å². The van der Waals surface area contributed by atoms with Gasteiger partial charge >= 0.3 is 12.2 Å². The van der Waals surface area contributed by atoms with Gasteiger partial charge in [0.05, 0.1) is 25.9 Å². The standard InChI is InChI=1S/C40H43N3O8/c1-24(2)19-33(42-37(45)51-39(3,4)5)36(44)41-27-13-11-25(12-14-27)22-43(38(46)47)28-15-17-31-34(20-28)50-35-21-29(48-6)16-18-32(35)40(31)30-10-8-7-9-26(30)23-49-40/h7-18,20-21,24,33H,19,22-23H2,1-6H3,(H,41,44)(H,42,45)(H,46,47)/t33-,40?/m0/s1. The molecular weight excluding hydrogens is 650 g/mol. The molecule has 6 rings (SSSR count). The third-order valence-corrected chi connectivity index (χ3v) is 8.79. The van der Waals surface area contributed by atoms with Gasteiger partial charge in [0.25, 0.3) is 0 Å². The molecule has 4 aromatic carbocycles. The van der Waals surface area contributed by atoms with Crippen LogP contribution in [0.25, 0.3) is 0 Å². The van der Waals surface area contributed by atoms with Crippen LogP contribution in [0.1, 0.15) is 68.9 Å². The van der Waals surface area contributed by atoms with Crippen molar-refractivity contribution in [3.8, 4) is 17.2 Å². The van der Waals surface area contributed by atoms with Gasteiger partial charge in [-0.3, -0.25) is 9.69 Å². The minimum atomic E-state index is -1.15. The van der Waals surface area contributed by atoms with E-state index in [1.807, 2.05) is 56.3 Å². The molecule has 3 amide bonds. The second-order valence-electron chi connectivity index (χ2n) is 14.2. The number of carbonyl (C=O) groups is 3. The first-order valence-corrected chi connectivity index (χ1v) is 16.9. The van der Waals surface area contributed by atoms with E-state index in [1.54, 1.807) is 64.3 Å². The Bertz CT molecular complexity index is 1950. The number of benzene rings is 4. The van der Waals surface area contributed by atoms with E-state index in [9.17, 15) is 19.5 Å². The lowest BCUT2D eigenvalue weighted by molar-refractivity contribution is -0.118. The summed E-state index contributed by atoms with van der Waals surface area (Å²) in [6.07, 6.45) is -1.40. The molecular formula is C40H43N3O8. The number of rotatable bonds is 9. The number of fused-ring (bicyclic) bond motifs is 6. The van der Waals surface area contributed by atoms with Crippen LogP contribution in [0.3, 0.4) is 0 Å². The molecule has 3 N–H and O–H groups in total. The van der Waals surface area contributed by atoms with Crippen LogP contribution in [0.15, 0.2) is 84.9 Å². The minimum Gasteiger partial charge on any atom is -0.497 e. The Kier molecular flexibility index (Phi) is 9.68. The molecule has 0 fully saturated rings. The number of alkyl carbamates (subject to hydrolysis) is 1. The number of amides is 3. The molecule has 0 saturated heterocycles. The minimum absolute atomic E-state index is 0.0351. The third-order valence-electron chi connectivity index (χ3n) is 8.79. The lowest BCUT2D eigenvalue weighted by Crippen LogP contribution is -2.46. The predicted octanol–water partition coefficient (Wildman–Crippen LogP) is 8.19. The van der Waals surface area contributed by atoms with Gasteiger partial charge in [0.1, 0.15) is 28.9 Å². The van der Waals surface area contributed by atoms with Gasteiger partial charge in [-0.15, -0.1) is 0 Å². The van der Waals surface area contributed by atoms with E-state index in [2.05, 4.69) is 16.7 Å². The summed E-state index contributed by atoms with van der Waals surface area (Å²) < 4.78 is 23.9. The fraction of sp³-hybridized carbons (Fsp3) is 0.325. The van der Waals surface area contributed by atoms with E-state index in [0.717, 1.165) is 22.3 Å². The number of hydrogen-bond donors (Lipinski definition) is 3. The lowest BCUT2D eigenvalue weighted by Gasteiger charge is -2.38. The van der Waals surface area contributed by atoms with Crippen LogP contribution in [0.4, 0.5) is 21.0 Å². The van der Waals surface area contributed by atoms with Gasteiger partial charge in [-0.2, -0.15) is 0 Å². The molecule has 2 heterocycles. The maximum Gasteiger partial charge on any atom is 0.412 e. The van der Waals surface area contributed by atoms with Crippen molar-refractivity contribution >= 4 is 29.5 Å². The Morgan fingerprint density at radius 3 is 2.27 bits per heavy atom. The van der Waals surface area contributed by atoms with Crippen LogP contribution in [0.5, 0.6) is 17.2 Å². The summed E-state index contributed by atoms with van der Waals surface area (Å²) in [5.74, 6) is 1.42. The smallest absolute Gasteiger partial charge is 0.412 e. The van der Waals surface area contributed by atoms with Gasteiger partial charge in [-0.05, 0) is 86.2 Å². The molecule has 11 nitrogen and oxygen atoms in total. The molecule has 0 radical (unpaired) electrons. The maximum absolute atomic E-state index is 13.2. The van der Waals surface area contributed by atoms with E-state index in [0.29, 0.717) is 47.2 Å². The van der Waals surface area contributed by atoms with Crippen molar-refractivity contribution < 1.29 is 38.4 Å². The van der Waals surface area contributed by atoms with Crippen LogP contribution in [0, 0.1) is 5.92 Å². The molecule has 51 heavy (non-hydrogen) atoms. The van der Waals surface area contributed by atoms with Gasteiger partial charge in [-0.1, -0.05) is 50.2 Å². The highest BCUT2D eigenvalue weighted by molar-refractivity contribution is 5.96. The van der Waals surface area contributed by atoms with E-state index in [-0.39, 0.29) is 18.4 Å². The fourth-order valence-electron chi connectivity index (χ4n) is 6.55. The van der Waals surface area contributed by atoms with Crippen molar-refractivity contribution in [2.24, 2.45) is 5.92 Å². The summed E-state index contributed by atoms with van der Waals surface area (Å²) in [7, 11) is 1.59. The molecule has 1 unspecified atom stereocenters. The molecule has 2 aliphatic rings. The number of methoxy groups -OCH3 is 1. The quantitative estimate of drug-likeness (QED) is 0.160. The summed E-state index contributed by atoms with van der Waals surface area (Å²) in [6, 6.07) is 25.2. The summed E-state index contributed by atoms with van der Waals surface area (Å²) in [5.41, 5.74) is 3.66. The number of hydrogen-bond acceptors (Lipinski definition) is 7. The molecule has 4 aromatic rings. The molecule has 0 bridgehead atoms. The summed E-state index contributed by atoms with van der Waals surface area (Å²) in [4.78, 5) is 39.5. The predicted molar refractivity (Wildman–Crippen MR) is 193 cm³/mol. The van der Waals surface area contributed by atoms with Gasteiger partial charge in [0, 0.05) is 28.9 Å². The number of nitrogens with one attached hydrogen (secondary N) is 2. The Labute approximate surface area is 297 Å². The summed E-state index contributed by atoms with van der Waals surface area (Å²) >= 11 is 0. The normalized spacial score (nSPS) is 16.3. The number of carbonyl (C=O) groups excluding carboxylic acids is 2. The molecule has 266 valence electrons. The third kappa shape index (κ3) is 7.34. The number of nitrogens with zero attached hydrogens (tertiary/aromatic N) is 1. The molecule has 11 heteroatoms. The van der Waals surface area contributed by atoms with E-state index >= 15 is 0 Å². The Morgan fingerprint density at radius 1 is 0.922 bits per heavy atom. The summed E-state index contributed by atoms with van der Waals surface area (Å²) in [6.45, 7) is 9.65. The number of ether oxygens (including phenoxy) is 4. The fourth-order valence-corrected chi connectivity index (χ4v) is 6.55. The highest BCUT2D eigenvalue weighted by Gasteiger charge is 2.49. The highest BCUT2D eigenvalue weighted by Crippen LogP contribution is 2.57. The Balaban J connectivity index is 1.23. The second kappa shape index (κ2) is 14.0. The summed E-state index contributed by atoms with van der Waals surface area (Å²) in [5, 5.41) is 15.9. The first-order valence-electron chi connectivity index (χ1n) is 16.9. The van der Waals surface area contributed by atoms with Crippen LogP contribution in [-0.4, -0.2) is 42.0 Å². The van der Waals surface area contributed by atoms with Crippen LogP contribution in [0.2, 0.25) is 0 Å². The van der Waals surface area contributed by atoms with Gasteiger partial charge in [-0.25, -0.2) is 9.59 Å². The van der Waals surface area contributed by atoms with Crippen molar-refractivity contribution in [1.82, 2.24) is 5.32 Å². The number of carboxylic acid groups (broad SMARTS) is 1. The van der Waals surface area contributed by atoms with Crippen molar-refractivity contribution in [3.05, 3.63) is 113 Å². The number of anilines is 2. The Hall–Kier alpha value is -5.55. The van der Waals surface area contributed by atoms with Crippen molar-refractivity contribution in [2.75, 3.05) is 17.3 Å². The molecule has 0 aromatic heterocycles. The topological polar surface area (TPSA) is 136 Å².